The van der Waals surface area contributed by atoms with E-state index in [1.54, 1.807) is 7.11 Å². The molecular formula is C16H23N3O2. The smallest absolute Gasteiger partial charge is 0.220 e. The van der Waals surface area contributed by atoms with Gasteiger partial charge in [0, 0.05) is 12.5 Å². The zero-order valence-corrected chi connectivity index (χ0v) is 12.9. The maximum atomic E-state index is 5.68. The first-order chi connectivity index (χ1) is 10.2. The maximum Gasteiger partial charge on any atom is 0.220 e. The third-order valence-corrected chi connectivity index (χ3v) is 3.12. The Labute approximate surface area is 125 Å². The van der Waals surface area contributed by atoms with Crippen LogP contribution in [0.5, 0.6) is 5.75 Å². The highest BCUT2D eigenvalue weighted by Crippen LogP contribution is 2.15. The normalized spacial score (nSPS) is 11.0. The van der Waals surface area contributed by atoms with Crippen molar-refractivity contribution >= 4 is 0 Å². The number of rotatable bonds is 8. The number of hydrogen-bond acceptors (Lipinski definition) is 5. The van der Waals surface area contributed by atoms with Gasteiger partial charge in [-0.05, 0) is 30.7 Å². The fraction of sp³-hybridized carbons (Fsp3) is 0.500. The van der Waals surface area contributed by atoms with Crippen molar-refractivity contribution in [2.24, 2.45) is 0 Å². The van der Waals surface area contributed by atoms with Gasteiger partial charge in [0.2, 0.25) is 11.8 Å². The minimum atomic E-state index is 0.510. The van der Waals surface area contributed by atoms with Crippen LogP contribution in [0.2, 0.25) is 0 Å². The third kappa shape index (κ3) is 5.19. The third-order valence-electron chi connectivity index (χ3n) is 3.12. The van der Waals surface area contributed by atoms with E-state index >= 15 is 0 Å². The molecule has 1 heterocycles. The lowest BCUT2D eigenvalue weighted by atomic mass is 10.1. The molecule has 0 fully saturated rings. The zero-order valence-electron chi connectivity index (χ0n) is 12.9. The molecule has 0 unspecified atom stereocenters. The van der Waals surface area contributed by atoms with Crippen LogP contribution >= 0.6 is 0 Å². The molecule has 2 aromatic rings. The van der Waals surface area contributed by atoms with Gasteiger partial charge in [-0.15, -0.1) is 10.2 Å². The van der Waals surface area contributed by atoms with Crippen molar-refractivity contribution in [1.82, 2.24) is 15.5 Å². The standard InChI is InChI=1S/C16H23N3O2/c1-12(2)17-9-5-8-15-18-19-16(21-15)11-13-6-4-7-14(10-13)20-3/h4,6-7,10,12,17H,5,8-9,11H2,1-3H3. The molecule has 0 aliphatic heterocycles. The average Bonchev–Trinajstić information content (AvgIpc) is 2.91. The number of nitrogens with zero attached hydrogens (tertiary/aromatic N) is 2. The van der Waals surface area contributed by atoms with Gasteiger partial charge in [-0.2, -0.15) is 0 Å². The van der Waals surface area contributed by atoms with E-state index in [1.165, 1.54) is 0 Å². The molecule has 1 N–H and O–H groups in total. The van der Waals surface area contributed by atoms with Crippen LogP contribution in [0.15, 0.2) is 28.7 Å². The Hall–Kier alpha value is -1.88. The summed E-state index contributed by atoms with van der Waals surface area (Å²) in [7, 11) is 1.66. The van der Waals surface area contributed by atoms with Gasteiger partial charge >= 0.3 is 0 Å². The number of nitrogens with one attached hydrogen (secondary N) is 1. The van der Waals surface area contributed by atoms with Gasteiger partial charge in [0.05, 0.1) is 13.5 Å². The van der Waals surface area contributed by atoms with Crippen LogP contribution in [0.3, 0.4) is 0 Å². The molecule has 0 radical (unpaired) electrons. The SMILES string of the molecule is COc1cccc(Cc2nnc(CCCNC(C)C)o2)c1. The Morgan fingerprint density at radius 2 is 2.05 bits per heavy atom. The Morgan fingerprint density at radius 3 is 2.81 bits per heavy atom. The minimum Gasteiger partial charge on any atom is -0.497 e. The molecule has 1 aromatic heterocycles. The van der Waals surface area contributed by atoms with E-state index in [4.69, 9.17) is 9.15 Å². The predicted molar refractivity (Wildman–Crippen MR) is 81.6 cm³/mol. The molecule has 2 rings (SSSR count). The first kappa shape index (κ1) is 15.5. The van der Waals surface area contributed by atoms with Gasteiger partial charge in [0.15, 0.2) is 0 Å². The van der Waals surface area contributed by atoms with Crippen LogP contribution in [-0.4, -0.2) is 29.9 Å². The minimum absolute atomic E-state index is 0.510. The molecule has 21 heavy (non-hydrogen) atoms. The number of hydrogen-bond donors (Lipinski definition) is 1. The number of ether oxygens (including phenoxy) is 1. The van der Waals surface area contributed by atoms with E-state index in [1.807, 2.05) is 24.3 Å². The molecule has 0 amide bonds. The van der Waals surface area contributed by atoms with Crippen LogP contribution in [0.1, 0.15) is 37.6 Å². The molecule has 0 bridgehead atoms. The molecule has 0 saturated heterocycles. The lowest BCUT2D eigenvalue weighted by Gasteiger charge is -2.05. The highest BCUT2D eigenvalue weighted by Gasteiger charge is 2.07. The largest absolute Gasteiger partial charge is 0.497 e. The van der Waals surface area contributed by atoms with Crippen LogP contribution < -0.4 is 10.1 Å². The van der Waals surface area contributed by atoms with Crippen LogP contribution in [0, 0.1) is 0 Å². The molecule has 1 aromatic carbocycles. The summed E-state index contributed by atoms with van der Waals surface area (Å²) in [6.07, 6.45) is 2.44. The molecule has 0 spiro atoms. The van der Waals surface area contributed by atoms with E-state index in [0.717, 1.165) is 30.7 Å². The van der Waals surface area contributed by atoms with Crippen LogP contribution in [0.25, 0.3) is 0 Å². The maximum absolute atomic E-state index is 5.68. The number of aromatic nitrogens is 2. The summed E-state index contributed by atoms with van der Waals surface area (Å²) in [6.45, 7) is 5.24. The summed E-state index contributed by atoms with van der Waals surface area (Å²) >= 11 is 0. The fourth-order valence-corrected chi connectivity index (χ4v) is 2.05. The van der Waals surface area contributed by atoms with E-state index in [9.17, 15) is 0 Å². The summed E-state index contributed by atoms with van der Waals surface area (Å²) in [4.78, 5) is 0. The second-order valence-corrected chi connectivity index (χ2v) is 5.33. The molecule has 5 heteroatoms. The molecule has 0 atom stereocenters. The van der Waals surface area contributed by atoms with Gasteiger partial charge in [-0.3, -0.25) is 0 Å². The van der Waals surface area contributed by atoms with Crippen molar-refractivity contribution in [2.75, 3.05) is 13.7 Å². The van der Waals surface area contributed by atoms with E-state index in [-0.39, 0.29) is 0 Å². The van der Waals surface area contributed by atoms with E-state index < -0.39 is 0 Å². The Kier molecular flexibility index (Phi) is 5.75. The van der Waals surface area contributed by atoms with Crippen molar-refractivity contribution in [3.8, 4) is 5.75 Å². The molecule has 0 aliphatic carbocycles. The molecular weight excluding hydrogens is 266 g/mol. The summed E-state index contributed by atoms with van der Waals surface area (Å²) in [5, 5.41) is 11.6. The summed E-state index contributed by atoms with van der Waals surface area (Å²) in [5.41, 5.74) is 1.10. The Balaban J connectivity index is 1.84. The lowest BCUT2D eigenvalue weighted by Crippen LogP contribution is -2.23. The van der Waals surface area contributed by atoms with Gasteiger partial charge < -0.3 is 14.5 Å². The molecule has 0 aliphatic rings. The zero-order chi connectivity index (χ0) is 15.1. The van der Waals surface area contributed by atoms with Crippen molar-refractivity contribution in [3.63, 3.8) is 0 Å². The lowest BCUT2D eigenvalue weighted by molar-refractivity contribution is 0.414. The van der Waals surface area contributed by atoms with E-state index in [2.05, 4.69) is 29.4 Å². The Morgan fingerprint density at radius 1 is 1.24 bits per heavy atom. The fourth-order valence-electron chi connectivity index (χ4n) is 2.05. The summed E-state index contributed by atoms with van der Waals surface area (Å²) < 4.78 is 10.9. The Bertz CT molecular complexity index is 552. The summed E-state index contributed by atoms with van der Waals surface area (Å²) in [5.74, 6) is 2.19. The van der Waals surface area contributed by atoms with Crippen molar-refractivity contribution in [1.29, 1.82) is 0 Å². The van der Waals surface area contributed by atoms with Gasteiger partial charge in [0.25, 0.3) is 0 Å². The highest BCUT2D eigenvalue weighted by atomic mass is 16.5. The van der Waals surface area contributed by atoms with Gasteiger partial charge in [0.1, 0.15) is 5.75 Å². The predicted octanol–water partition coefficient (Wildman–Crippen LogP) is 2.60. The van der Waals surface area contributed by atoms with E-state index in [0.29, 0.717) is 24.2 Å². The van der Waals surface area contributed by atoms with Crippen molar-refractivity contribution in [2.45, 2.75) is 39.2 Å². The highest BCUT2D eigenvalue weighted by molar-refractivity contribution is 5.29. The van der Waals surface area contributed by atoms with Crippen molar-refractivity contribution in [3.05, 3.63) is 41.6 Å². The monoisotopic (exact) mass is 289 g/mol. The second-order valence-electron chi connectivity index (χ2n) is 5.33. The number of benzene rings is 1. The first-order valence-electron chi connectivity index (χ1n) is 7.35. The van der Waals surface area contributed by atoms with Gasteiger partial charge in [-0.1, -0.05) is 26.0 Å². The first-order valence-corrected chi connectivity index (χ1v) is 7.35. The molecule has 0 saturated carbocycles. The average molecular weight is 289 g/mol. The quantitative estimate of drug-likeness (QED) is 0.757. The second kappa shape index (κ2) is 7.78. The van der Waals surface area contributed by atoms with Crippen LogP contribution in [-0.2, 0) is 12.8 Å². The topological polar surface area (TPSA) is 60.2 Å². The number of aryl methyl sites for hydroxylation is 1. The summed E-state index contributed by atoms with van der Waals surface area (Å²) in [6, 6.07) is 8.40. The van der Waals surface area contributed by atoms with Gasteiger partial charge in [-0.25, -0.2) is 0 Å². The van der Waals surface area contributed by atoms with Crippen LogP contribution in [0.4, 0.5) is 0 Å². The van der Waals surface area contributed by atoms with Crippen molar-refractivity contribution < 1.29 is 9.15 Å². The molecule has 5 nitrogen and oxygen atoms in total. The molecule has 114 valence electrons. The number of methoxy groups -OCH3 is 1.